The molecule has 0 atom stereocenters. The minimum atomic E-state index is -0.449. The van der Waals surface area contributed by atoms with E-state index in [4.69, 9.17) is 0 Å². The zero-order chi connectivity index (χ0) is 13.5. The van der Waals surface area contributed by atoms with Crippen molar-refractivity contribution in [1.29, 1.82) is 0 Å². The number of rotatable bonds is 4. The van der Waals surface area contributed by atoms with Gasteiger partial charge in [0.25, 0.3) is 0 Å². The fourth-order valence-corrected chi connectivity index (χ4v) is 2.02. The Bertz CT molecular complexity index is 503. The van der Waals surface area contributed by atoms with E-state index in [0.717, 1.165) is 11.3 Å². The van der Waals surface area contributed by atoms with Gasteiger partial charge in [0.1, 0.15) is 4.88 Å². The number of hydrogen-bond donors (Lipinski definition) is 1. The van der Waals surface area contributed by atoms with E-state index in [1.807, 2.05) is 13.0 Å². The van der Waals surface area contributed by atoms with Crippen LogP contribution in [0.5, 0.6) is 0 Å². The number of thiazole rings is 1. The lowest BCUT2D eigenvalue weighted by molar-refractivity contribution is -0.111. The van der Waals surface area contributed by atoms with Crippen molar-refractivity contribution in [1.82, 2.24) is 4.98 Å². The SMILES string of the molecule is C/C=C/C=C/C(=O)Nc1nc(C)c(C(=O)OC)s1. The van der Waals surface area contributed by atoms with E-state index in [9.17, 15) is 9.59 Å². The number of ether oxygens (including phenoxy) is 1. The van der Waals surface area contributed by atoms with Crippen LogP contribution in [0.4, 0.5) is 5.13 Å². The van der Waals surface area contributed by atoms with Gasteiger partial charge in [0.2, 0.25) is 5.91 Å². The second kappa shape index (κ2) is 6.70. The Morgan fingerprint density at radius 1 is 1.39 bits per heavy atom. The minimum absolute atomic E-state index is 0.293. The zero-order valence-electron chi connectivity index (χ0n) is 10.4. The third-order valence-corrected chi connectivity index (χ3v) is 3.00. The van der Waals surface area contributed by atoms with Crippen LogP contribution in [0.2, 0.25) is 0 Å². The Morgan fingerprint density at radius 2 is 2.11 bits per heavy atom. The molecule has 1 aromatic heterocycles. The summed E-state index contributed by atoms with van der Waals surface area (Å²) in [4.78, 5) is 27.3. The summed E-state index contributed by atoms with van der Waals surface area (Å²) in [6.07, 6.45) is 6.56. The van der Waals surface area contributed by atoms with Gasteiger partial charge in [0, 0.05) is 6.08 Å². The molecule has 1 N–H and O–H groups in total. The van der Waals surface area contributed by atoms with Gasteiger partial charge in [-0.15, -0.1) is 0 Å². The first kappa shape index (κ1) is 14.1. The molecular weight excluding hydrogens is 252 g/mol. The minimum Gasteiger partial charge on any atom is -0.465 e. The molecule has 0 bridgehead atoms. The van der Waals surface area contributed by atoms with E-state index in [0.29, 0.717) is 15.7 Å². The first-order valence-electron chi connectivity index (χ1n) is 5.24. The van der Waals surface area contributed by atoms with Gasteiger partial charge in [-0.1, -0.05) is 29.6 Å². The number of carbonyl (C=O) groups is 2. The summed E-state index contributed by atoms with van der Waals surface area (Å²) in [5, 5.41) is 2.96. The number of nitrogens with zero attached hydrogens (tertiary/aromatic N) is 1. The highest BCUT2D eigenvalue weighted by molar-refractivity contribution is 7.17. The smallest absolute Gasteiger partial charge is 0.350 e. The number of aryl methyl sites for hydroxylation is 1. The summed E-state index contributed by atoms with van der Waals surface area (Å²) in [6.45, 7) is 3.54. The predicted molar refractivity (Wildman–Crippen MR) is 70.8 cm³/mol. The second-order valence-corrected chi connectivity index (χ2v) is 4.30. The molecule has 0 saturated heterocycles. The van der Waals surface area contributed by atoms with Crippen LogP contribution >= 0.6 is 11.3 Å². The van der Waals surface area contributed by atoms with Crippen molar-refractivity contribution in [2.75, 3.05) is 12.4 Å². The van der Waals surface area contributed by atoms with Crippen LogP contribution < -0.4 is 5.32 Å². The lowest BCUT2D eigenvalue weighted by Gasteiger charge is -1.94. The molecule has 1 heterocycles. The van der Waals surface area contributed by atoms with Crippen molar-refractivity contribution in [3.8, 4) is 0 Å². The Kier molecular flexibility index (Phi) is 5.26. The van der Waals surface area contributed by atoms with Gasteiger partial charge in [-0.25, -0.2) is 9.78 Å². The Hall–Kier alpha value is -1.95. The maximum Gasteiger partial charge on any atom is 0.350 e. The van der Waals surface area contributed by atoms with Gasteiger partial charge in [-0.3, -0.25) is 10.1 Å². The average Bonchev–Trinajstić information content (AvgIpc) is 2.69. The van der Waals surface area contributed by atoms with E-state index in [1.165, 1.54) is 13.2 Å². The van der Waals surface area contributed by atoms with Gasteiger partial charge >= 0.3 is 5.97 Å². The number of hydrogen-bond acceptors (Lipinski definition) is 5. The van der Waals surface area contributed by atoms with Crippen molar-refractivity contribution in [3.63, 3.8) is 0 Å². The highest BCUT2D eigenvalue weighted by Crippen LogP contribution is 2.23. The molecule has 1 rings (SSSR count). The lowest BCUT2D eigenvalue weighted by atomic mass is 10.4. The van der Waals surface area contributed by atoms with Crippen molar-refractivity contribution >= 4 is 28.3 Å². The van der Waals surface area contributed by atoms with Crippen molar-refractivity contribution in [2.24, 2.45) is 0 Å². The van der Waals surface area contributed by atoms with Crippen LogP contribution in [0.15, 0.2) is 24.3 Å². The molecule has 0 radical (unpaired) electrons. The van der Waals surface area contributed by atoms with E-state index < -0.39 is 5.97 Å². The van der Waals surface area contributed by atoms with Gasteiger partial charge < -0.3 is 4.74 Å². The van der Waals surface area contributed by atoms with Gasteiger partial charge in [-0.2, -0.15) is 0 Å². The Morgan fingerprint density at radius 3 is 2.72 bits per heavy atom. The molecule has 0 fully saturated rings. The monoisotopic (exact) mass is 266 g/mol. The molecule has 96 valence electrons. The molecule has 0 unspecified atom stereocenters. The van der Waals surface area contributed by atoms with E-state index >= 15 is 0 Å². The molecule has 5 nitrogen and oxygen atoms in total. The second-order valence-electron chi connectivity index (χ2n) is 3.30. The van der Waals surface area contributed by atoms with Crippen LogP contribution in [-0.4, -0.2) is 24.0 Å². The molecule has 6 heteroatoms. The fourth-order valence-electron chi connectivity index (χ4n) is 1.13. The Balaban J connectivity index is 2.74. The lowest BCUT2D eigenvalue weighted by Crippen LogP contribution is -2.07. The Labute approximate surface area is 109 Å². The van der Waals surface area contributed by atoms with Crippen LogP contribution in [0, 0.1) is 6.92 Å². The number of anilines is 1. The first-order valence-corrected chi connectivity index (χ1v) is 6.06. The summed E-state index contributed by atoms with van der Waals surface area (Å²) in [6, 6.07) is 0. The predicted octanol–water partition coefficient (Wildman–Crippen LogP) is 2.31. The molecule has 1 aromatic rings. The number of methoxy groups -OCH3 is 1. The summed E-state index contributed by atoms with van der Waals surface area (Å²) >= 11 is 1.09. The van der Waals surface area contributed by atoms with Crippen LogP contribution in [0.3, 0.4) is 0 Å². The van der Waals surface area contributed by atoms with Gasteiger partial charge in [0.15, 0.2) is 5.13 Å². The number of carbonyl (C=O) groups excluding carboxylic acids is 2. The zero-order valence-corrected chi connectivity index (χ0v) is 11.2. The number of nitrogens with one attached hydrogen (secondary N) is 1. The fraction of sp³-hybridized carbons (Fsp3) is 0.250. The molecule has 0 aliphatic heterocycles. The molecule has 18 heavy (non-hydrogen) atoms. The molecule has 0 aliphatic carbocycles. The van der Waals surface area contributed by atoms with Gasteiger partial charge in [0.05, 0.1) is 12.8 Å². The highest BCUT2D eigenvalue weighted by Gasteiger charge is 2.16. The van der Waals surface area contributed by atoms with Crippen LogP contribution in [0.1, 0.15) is 22.3 Å². The van der Waals surface area contributed by atoms with Crippen molar-refractivity contribution in [2.45, 2.75) is 13.8 Å². The summed E-state index contributed by atoms with van der Waals surface area (Å²) in [5.74, 6) is -0.742. The molecular formula is C12H14N2O3S. The number of allylic oxidation sites excluding steroid dienone is 3. The maximum absolute atomic E-state index is 11.5. The van der Waals surface area contributed by atoms with Crippen molar-refractivity contribution in [3.05, 3.63) is 34.9 Å². The number of amides is 1. The first-order chi connectivity index (χ1) is 8.58. The molecule has 0 saturated carbocycles. The van der Waals surface area contributed by atoms with Crippen molar-refractivity contribution < 1.29 is 14.3 Å². The third-order valence-electron chi connectivity index (χ3n) is 1.95. The van der Waals surface area contributed by atoms with Crippen LogP contribution in [-0.2, 0) is 9.53 Å². The number of aromatic nitrogens is 1. The van der Waals surface area contributed by atoms with E-state index in [-0.39, 0.29) is 5.91 Å². The number of esters is 1. The standard InChI is InChI=1S/C12H14N2O3S/c1-4-5-6-7-9(15)14-12-13-8(2)10(18-12)11(16)17-3/h4-7H,1-3H3,(H,13,14,15)/b5-4+,7-6+. The van der Waals surface area contributed by atoms with Crippen LogP contribution in [0.25, 0.3) is 0 Å². The third kappa shape index (κ3) is 3.81. The van der Waals surface area contributed by atoms with Gasteiger partial charge in [-0.05, 0) is 13.8 Å². The topological polar surface area (TPSA) is 68.3 Å². The summed E-state index contributed by atoms with van der Waals surface area (Å²) in [7, 11) is 1.31. The average molecular weight is 266 g/mol. The maximum atomic E-state index is 11.5. The molecule has 1 amide bonds. The summed E-state index contributed by atoms with van der Waals surface area (Å²) < 4.78 is 4.61. The molecule has 0 aliphatic rings. The largest absolute Gasteiger partial charge is 0.465 e. The van der Waals surface area contributed by atoms with E-state index in [1.54, 1.807) is 19.1 Å². The normalized spacial score (nSPS) is 11.1. The molecule has 0 aromatic carbocycles. The highest BCUT2D eigenvalue weighted by atomic mass is 32.1. The molecule has 0 spiro atoms. The van der Waals surface area contributed by atoms with E-state index in [2.05, 4.69) is 15.0 Å². The summed E-state index contributed by atoms with van der Waals surface area (Å²) in [5.41, 5.74) is 0.541. The quantitative estimate of drug-likeness (QED) is 0.516.